The Bertz CT molecular complexity index is 5370. The zero-order valence-corrected chi connectivity index (χ0v) is 82.1. The molecule has 3 aliphatic heterocycles. The van der Waals surface area contributed by atoms with Gasteiger partial charge in [-0.2, -0.15) is 0 Å². The minimum Gasteiger partial charge on any atom is -0.508 e. The van der Waals surface area contributed by atoms with Crippen LogP contribution in [0.25, 0.3) is 21.8 Å². The average Bonchev–Trinajstić information content (AvgIpc) is 1.55. The van der Waals surface area contributed by atoms with Gasteiger partial charge in [-0.1, -0.05) is 116 Å². The lowest BCUT2D eigenvalue weighted by Gasteiger charge is -2.36. The van der Waals surface area contributed by atoms with Crippen LogP contribution in [0, 0.1) is 30.1 Å². The first-order valence-corrected chi connectivity index (χ1v) is 48.7. The van der Waals surface area contributed by atoms with Crippen LogP contribution in [0.1, 0.15) is 161 Å². The van der Waals surface area contributed by atoms with Gasteiger partial charge in [-0.25, -0.2) is 4.79 Å². The molecule has 0 aliphatic carbocycles. The lowest BCUT2D eigenvalue weighted by atomic mass is 9.90. The quantitative estimate of drug-likeness (QED) is 0.0254. The number of aliphatic hydroxyl groups is 1. The number of aliphatic carboxylic acids is 2. The molecule has 3 aromatic carbocycles. The van der Waals surface area contributed by atoms with Gasteiger partial charge in [-0.3, -0.25) is 86.3 Å². The summed E-state index contributed by atoms with van der Waals surface area (Å²) in [6.45, 7) is 8.99. The van der Waals surface area contributed by atoms with Crippen molar-refractivity contribution in [3.05, 3.63) is 102 Å². The second kappa shape index (κ2) is 53.7. The number of fused-ring (bicyclic) bond motifs is 4. The highest BCUT2D eigenvalue weighted by Gasteiger charge is 2.47. The molecule has 8 rings (SSSR count). The molecular formula is C97H136N20O23S. The number of aromatic amines is 1. The smallest absolute Gasteiger partial charge is 0.327 e. The molecule has 2 aromatic heterocycles. The molecule has 44 heteroatoms. The van der Waals surface area contributed by atoms with Crippen LogP contribution < -0.4 is 70.4 Å². The number of benzene rings is 3. The number of carboxylic acids is 2. The number of nitrogens with zero attached hydrogens (tertiary/aromatic N) is 6. The average molecular weight is 1980 g/mol. The highest BCUT2D eigenvalue weighted by atomic mass is 32.2. The zero-order valence-electron chi connectivity index (χ0n) is 81.3. The van der Waals surface area contributed by atoms with Crippen molar-refractivity contribution >= 4 is 146 Å². The maximum Gasteiger partial charge on any atom is 0.327 e. The van der Waals surface area contributed by atoms with Crippen LogP contribution in [0.15, 0.2) is 85.2 Å². The summed E-state index contributed by atoms with van der Waals surface area (Å²) in [6, 6.07) is -2.46. The Morgan fingerprint density at radius 1 is 0.603 bits per heavy atom. The molecule has 43 nitrogen and oxygen atoms in total. The second-order valence-corrected chi connectivity index (χ2v) is 38.0. The first-order chi connectivity index (χ1) is 66.9. The number of H-pyrrole nitrogens is 1. The summed E-state index contributed by atoms with van der Waals surface area (Å²) < 4.78 is 1.44. The molecule has 141 heavy (non-hydrogen) atoms. The van der Waals surface area contributed by atoms with Crippen LogP contribution in [0.5, 0.6) is 5.75 Å². The summed E-state index contributed by atoms with van der Waals surface area (Å²) in [6.07, 6.45) is 5.13. The minimum atomic E-state index is -1.79. The number of hydrogen-bond acceptors (Lipinski definition) is 24. The molecule has 5 aromatic rings. The van der Waals surface area contributed by atoms with E-state index < -0.39 is 272 Å². The van der Waals surface area contributed by atoms with E-state index in [4.69, 9.17) is 23.6 Å². The molecule has 0 radical (unpaired) electrons. The van der Waals surface area contributed by atoms with Crippen molar-refractivity contribution in [1.29, 1.82) is 0 Å². The Kier molecular flexibility index (Phi) is 43.0. The minimum absolute atomic E-state index is 0.0289. The number of aromatic hydroxyl groups is 1. The number of thioether (sulfide) groups is 1. The molecular weight excluding hydrogens is 1850 g/mol. The third kappa shape index (κ3) is 31.7. The Morgan fingerprint density at radius 3 is 1.82 bits per heavy atom. The summed E-state index contributed by atoms with van der Waals surface area (Å²) in [5, 5.41) is 68.8. The van der Waals surface area contributed by atoms with Gasteiger partial charge in [-0.05, 0) is 118 Å². The number of phenolic OH excluding ortho intramolecular Hbond substituents is 1. The number of carbonyl (C=O) groups excluding carboxylic acids is 17. The van der Waals surface area contributed by atoms with E-state index >= 15 is 38.4 Å². The fraction of sp³-hybridized carbons (Fsp3) is 0.557. The first-order valence-electron chi connectivity index (χ1n) is 47.6. The van der Waals surface area contributed by atoms with Gasteiger partial charge in [0.1, 0.15) is 90.8 Å². The van der Waals surface area contributed by atoms with Crippen LogP contribution in [-0.4, -0.2) is 323 Å². The second-order valence-electron chi connectivity index (χ2n) is 37.0. The van der Waals surface area contributed by atoms with Gasteiger partial charge in [0, 0.05) is 119 Å². The number of carbonyl (C=O) groups is 19. The number of primary amides is 1. The fourth-order valence-corrected chi connectivity index (χ4v) is 18.5. The molecule has 0 spiro atoms. The standard InChI is InChI=1S/C97H136N20O23S/c1-12-15-26-75-90(132)106-67(37-53(4)5)88(130)111-73(86(128)102-47-81(122)103-66(22-14-3)97(139)140)51-141-52-82(123)104-69(39-56-30-32-60(118)33-31-56)92(134)112(9)55(8)84(126)107-71(44-80(100)121)94(136)116-36-21-29-76(116)91(133)110-72(45-99)89(131)108-68(38-54(6)7)95(137)117-49-61(119)43-78(117)79(120)42-57(40-58-46-101-64-25-19-17-23-62(58)64)85(127)105-65(34-35-98)87(129)109-70(93(135)114(11)77(27-16-13-2)96(138)113(75)10)41-59-48-115(50-83(124)125)74-28-20-18-24-63(59)74/h3,17-20,23-25,28,30-33,46,48,53-55,57,61,65-73,75-78,101,118-119H,12-13,15-16,21-22,26-27,29,34-45,47,49-52,98-99H2,1-2,4-11H3,(H2,100,121)(H,102,128)(H,103,122)(H,104,123)(H,105,127)(H,106,132)(H,107,126)(H,108,131)(H,109,129)(H,110,133)(H,111,130)(H,124,125)(H,139,140)/t55-,57+,61+,65-,66-,67-,68-,69-,70-,71-,72-,73-,75-,76-,77-,78-/m0/s1. The Labute approximate surface area is 822 Å². The van der Waals surface area contributed by atoms with Gasteiger partial charge < -0.3 is 125 Å². The van der Waals surface area contributed by atoms with Crippen LogP contribution in [0.4, 0.5) is 0 Å². The topological polar surface area (TPSA) is 641 Å². The van der Waals surface area contributed by atoms with E-state index in [1.807, 2.05) is 13.8 Å². The molecule has 768 valence electrons. The molecule has 3 fully saturated rings. The van der Waals surface area contributed by atoms with E-state index in [0.717, 1.165) is 36.3 Å². The summed E-state index contributed by atoms with van der Waals surface area (Å²) in [5.41, 5.74) is 20.6. The highest BCUT2D eigenvalue weighted by molar-refractivity contribution is 8.00. The number of hydrogen-bond donors (Lipinski definition) is 18. The van der Waals surface area contributed by atoms with Crippen molar-refractivity contribution < 1.29 is 112 Å². The van der Waals surface area contributed by atoms with Gasteiger partial charge in [-0.15, -0.1) is 24.1 Å². The molecule has 0 saturated carbocycles. The van der Waals surface area contributed by atoms with Crippen molar-refractivity contribution in [3.63, 3.8) is 0 Å². The van der Waals surface area contributed by atoms with Crippen LogP contribution >= 0.6 is 11.8 Å². The Balaban J connectivity index is 1.22. The molecule has 16 atom stereocenters. The van der Waals surface area contributed by atoms with E-state index in [1.165, 1.54) is 63.1 Å². The number of phenols is 1. The van der Waals surface area contributed by atoms with E-state index in [1.54, 1.807) is 82.4 Å². The van der Waals surface area contributed by atoms with Gasteiger partial charge in [0.25, 0.3) is 0 Å². The monoisotopic (exact) mass is 1980 g/mol. The molecule has 0 bridgehead atoms. The molecule has 5 heterocycles. The third-order valence-electron chi connectivity index (χ3n) is 25.3. The number of amides is 16. The molecule has 21 N–H and O–H groups in total. The molecule has 16 amide bonds. The number of Topliss-reactive ketones (excluding diaryl/α,β-unsaturated/α-hetero) is 1. The molecule has 3 aliphatic rings. The van der Waals surface area contributed by atoms with E-state index in [9.17, 15) is 73.2 Å². The van der Waals surface area contributed by atoms with Crippen molar-refractivity contribution in [1.82, 2.24) is 87.2 Å². The number of para-hydroxylation sites is 2. The van der Waals surface area contributed by atoms with E-state index in [-0.39, 0.29) is 95.4 Å². The maximum atomic E-state index is 16.0. The number of nitrogens with one attached hydrogen (secondary N) is 11. The molecule has 3 saturated heterocycles. The van der Waals surface area contributed by atoms with Crippen molar-refractivity contribution in [3.8, 4) is 18.1 Å². The predicted molar refractivity (Wildman–Crippen MR) is 520 cm³/mol. The number of aromatic nitrogens is 2. The third-order valence-corrected chi connectivity index (χ3v) is 26.3. The largest absolute Gasteiger partial charge is 0.508 e. The normalized spacial score (nSPS) is 24.5. The highest BCUT2D eigenvalue weighted by Crippen LogP contribution is 2.31. The van der Waals surface area contributed by atoms with Gasteiger partial charge in [0.15, 0.2) is 5.78 Å². The molecule has 0 unspecified atom stereocenters. The number of ketones is 1. The summed E-state index contributed by atoms with van der Waals surface area (Å²) in [7, 11) is 3.86. The van der Waals surface area contributed by atoms with Gasteiger partial charge in [0.05, 0.1) is 30.9 Å². The predicted octanol–water partition coefficient (Wildman–Crippen LogP) is -1.04. The summed E-state index contributed by atoms with van der Waals surface area (Å²) in [5.74, 6) is -19.9. The number of likely N-dealkylation sites (N-methyl/N-ethyl adjacent to an activating group) is 3. The van der Waals surface area contributed by atoms with Crippen molar-refractivity contribution in [2.24, 2.45) is 35.0 Å². The van der Waals surface area contributed by atoms with Crippen molar-refractivity contribution in [2.75, 3.05) is 65.4 Å². The van der Waals surface area contributed by atoms with Gasteiger partial charge >= 0.3 is 11.9 Å². The lowest BCUT2D eigenvalue weighted by molar-refractivity contribution is -0.149. The van der Waals surface area contributed by atoms with Crippen LogP contribution in [-0.2, 0) is 117 Å². The Hall–Kier alpha value is -13.5. The van der Waals surface area contributed by atoms with Crippen LogP contribution in [0.3, 0.4) is 0 Å². The van der Waals surface area contributed by atoms with Crippen molar-refractivity contribution in [2.45, 2.75) is 261 Å². The SMILES string of the molecule is C#CC[C@H](NC(=O)CNC(=O)[C@@H]1CSCC(=O)N[C@@H](Cc2ccc(O)cc2)C(=O)N(C)[C@@H](C)C(=O)N[C@@H](CC(N)=O)C(=O)N2CCC[C@H]2C(=O)N[C@@H](CN)C(=O)N[C@@H](CC(C)C)C(=O)N2C[C@H](O)C[C@H]2C(=O)C[C@@H](Cc2c[nH]c3ccccc23)C(=O)N[C@@H](CCN)C(=O)N[C@@H](Cc2cn(CC(=O)O)c3ccccc23)C(=O)N(C)[C@@H](CCCC)C(=O)N(C)[C@@H](CCCC)C(=O)N[C@@H](CC(C)C)C(=O)N1)C(=O)O. The lowest BCUT2D eigenvalue weighted by Crippen LogP contribution is -2.61. The van der Waals surface area contributed by atoms with E-state index in [2.05, 4.69) is 64.1 Å². The number of aliphatic hydroxyl groups excluding tert-OH is 1. The Morgan fingerprint density at radius 2 is 1.18 bits per heavy atom. The number of nitrogens with two attached hydrogens (primary N) is 3. The number of terminal acetylenes is 1. The summed E-state index contributed by atoms with van der Waals surface area (Å²) in [4.78, 5) is 286. The number of carboxylic acid groups (broad SMARTS) is 2. The first kappa shape index (κ1) is 113. The fourth-order valence-electron chi connectivity index (χ4n) is 17.6. The maximum absolute atomic E-state index is 16.0. The number of rotatable bonds is 29. The van der Waals surface area contributed by atoms with Crippen LogP contribution in [0.2, 0.25) is 0 Å². The van der Waals surface area contributed by atoms with E-state index in [0.29, 0.717) is 64.2 Å². The van der Waals surface area contributed by atoms with Gasteiger partial charge in [0.2, 0.25) is 94.5 Å². The zero-order chi connectivity index (χ0) is 104. The summed E-state index contributed by atoms with van der Waals surface area (Å²) >= 11 is 0.724. The number of unbranched alkanes of at least 4 members (excludes halogenated alkanes) is 2.